The molecule has 0 unspecified atom stereocenters. The minimum absolute atomic E-state index is 0.0738. The van der Waals surface area contributed by atoms with Crippen LogP contribution in [0, 0.1) is 11.2 Å². The van der Waals surface area contributed by atoms with Gasteiger partial charge in [-0.25, -0.2) is 4.39 Å². The lowest BCUT2D eigenvalue weighted by Crippen LogP contribution is -2.44. The minimum atomic E-state index is -2.90. The molecule has 2 aromatic heterocycles. The molecule has 0 aliphatic carbocycles. The predicted molar refractivity (Wildman–Crippen MR) is 92.3 cm³/mol. The van der Waals surface area contributed by atoms with Crippen molar-refractivity contribution in [2.45, 2.75) is 13.3 Å². The Bertz CT molecular complexity index is 989. The van der Waals surface area contributed by atoms with Gasteiger partial charge in [0.05, 0.1) is 19.8 Å². The Morgan fingerprint density at radius 1 is 1.18 bits per heavy atom. The van der Waals surface area contributed by atoms with Crippen LogP contribution < -0.4 is 4.74 Å². The zero-order chi connectivity index (χ0) is 19.7. The Morgan fingerprint density at radius 2 is 1.96 bits per heavy atom. The Morgan fingerprint density at radius 3 is 2.64 bits per heavy atom. The maximum atomic E-state index is 14.2. The average Bonchev–Trinajstić information content (AvgIpc) is 3.15. The molecular formula is C19H16F3N3O3. The van der Waals surface area contributed by atoms with E-state index in [0.717, 1.165) is 6.07 Å². The van der Waals surface area contributed by atoms with Crippen LogP contribution in [0.1, 0.15) is 19.2 Å². The second kappa shape index (κ2) is 7.23. The van der Waals surface area contributed by atoms with E-state index < -0.39 is 18.1 Å². The van der Waals surface area contributed by atoms with Crippen LogP contribution in [0.2, 0.25) is 0 Å². The first-order valence-electron chi connectivity index (χ1n) is 8.52. The quantitative estimate of drug-likeness (QED) is 0.624. The summed E-state index contributed by atoms with van der Waals surface area (Å²) in [5, 5.41) is 6.84. The third-order valence-corrected chi connectivity index (χ3v) is 4.29. The number of ether oxygens (including phenoxy) is 2. The van der Waals surface area contributed by atoms with E-state index in [9.17, 15) is 13.2 Å². The van der Waals surface area contributed by atoms with E-state index in [0.29, 0.717) is 36.8 Å². The van der Waals surface area contributed by atoms with Crippen molar-refractivity contribution in [2.24, 2.45) is 5.41 Å². The number of nitrogens with zero attached hydrogens (tertiary/aromatic N) is 3. The van der Waals surface area contributed by atoms with Gasteiger partial charge in [-0.3, -0.25) is 4.98 Å². The number of benzene rings is 1. The van der Waals surface area contributed by atoms with Gasteiger partial charge in [-0.1, -0.05) is 6.92 Å². The van der Waals surface area contributed by atoms with Gasteiger partial charge in [-0.15, -0.1) is 10.2 Å². The van der Waals surface area contributed by atoms with E-state index in [1.54, 1.807) is 18.3 Å². The van der Waals surface area contributed by atoms with Gasteiger partial charge in [-0.05, 0) is 30.3 Å². The molecule has 0 spiro atoms. The molecule has 1 saturated heterocycles. The van der Waals surface area contributed by atoms with E-state index in [-0.39, 0.29) is 16.9 Å². The molecule has 9 heteroatoms. The third kappa shape index (κ3) is 3.70. The van der Waals surface area contributed by atoms with Crippen LogP contribution in [0.25, 0.3) is 22.7 Å². The normalized spacial score (nSPS) is 15.5. The molecule has 3 heterocycles. The van der Waals surface area contributed by atoms with Crippen LogP contribution in [-0.2, 0) is 4.74 Å². The number of alkyl halides is 2. The van der Waals surface area contributed by atoms with Gasteiger partial charge >= 0.3 is 6.43 Å². The molecule has 3 aromatic rings. The Hall–Kier alpha value is -2.94. The Kier molecular flexibility index (Phi) is 4.76. The second-order valence-electron chi connectivity index (χ2n) is 6.92. The van der Waals surface area contributed by atoms with E-state index >= 15 is 0 Å². The van der Waals surface area contributed by atoms with Crippen LogP contribution >= 0.6 is 0 Å². The molecule has 4 rings (SSSR count). The number of hydrogen-bond donors (Lipinski definition) is 0. The Labute approximate surface area is 158 Å². The fraction of sp³-hybridized carbons (Fsp3) is 0.316. The van der Waals surface area contributed by atoms with Crippen LogP contribution in [0.15, 0.2) is 40.9 Å². The molecule has 0 radical (unpaired) electrons. The summed E-state index contributed by atoms with van der Waals surface area (Å²) in [7, 11) is 0. The molecule has 1 aliphatic rings. The topological polar surface area (TPSA) is 70.3 Å². The van der Waals surface area contributed by atoms with Crippen LogP contribution in [0.3, 0.4) is 0 Å². The van der Waals surface area contributed by atoms with Crippen molar-refractivity contribution in [3.05, 3.63) is 48.2 Å². The molecule has 6 nitrogen and oxygen atoms in total. The number of pyridine rings is 1. The first-order valence-corrected chi connectivity index (χ1v) is 8.52. The van der Waals surface area contributed by atoms with E-state index in [1.165, 1.54) is 12.1 Å². The number of halogens is 3. The lowest BCUT2D eigenvalue weighted by atomic mass is 9.90. The summed E-state index contributed by atoms with van der Waals surface area (Å²) in [6, 6.07) is 7.39. The van der Waals surface area contributed by atoms with E-state index in [1.807, 2.05) is 6.92 Å². The highest BCUT2D eigenvalue weighted by molar-refractivity contribution is 5.71. The monoisotopic (exact) mass is 391 g/mol. The smallest absolute Gasteiger partial charge is 0.314 e. The summed E-state index contributed by atoms with van der Waals surface area (Å²) >= 11 is 0. The predicted octanol–water partition coefficient (Wildman–Crippen LogP) is 4.29. The van der Waals surface area contributed by atoms with Gasteiger partial charge in [0.1, 0.15) is 17.3 Å². The summed E-state index contributed by atoms with van der Waals surface area (Å²) in [6.07, 6.45) is -1.34. The van der Waals surface area contributed by atoms with E-state index in [4.69, 9.17) is 13.9 Å². The van der Waals surface area contributed by atoms with Crippen LogP contribution in [-0.4, -0.2) is 35.0 Å². The molecular weight excluding hydrogens is 375 g/mol. The highest BCUT2D eigenvalue weighted by Gasteiger charge is 2.34. The van der Waals surface area contributed by atoms with Gasteiger partial charge in [0, 0.05) is 22.7 Å². The molecule has 28 heavy (non-hydrogen) atoms. The van der Waals surface area contributed by atoms with Gasteiger partial charge in [0.2, 0.25) is 5.89 Å². The third-order valence-electron chi connectivity index (χ3n) is 4.29. The molecule has 0 amide bonds. The van der Waals surface area contributed by atoms with Gasteiger partial charge in [-0.2, -0.15) is 8.78 Å². The van der Waals surface area contributed by atoms with Gasteiger partial charge in [0.15, 0.2) is 0 Å². The summed E-state index contributed by atoms with van der Waals surface area (Å²) in [4.78, 5) is 4.29. The molecule has 1 aliphatic heterocycles. The molecule has 0 saturated carbocycles. The summed E-state index contributed by atoms with van der Waals surface area (Å²) < 4.78 is 55.6. The van der Waals surface area contributed by atoms with Crippen molar-refractivity contribution in [3.8, 4) is 28.5 Å². The molecule has 0 bridgehead atoms. The first-order chi connectivity index (χ1) is 13.4. The number of aromatic nitrogens is 3. The van der Waals surface area contributed by atoms with Crippen molar-refractivity contribution in [3.63, 3.8) is 0 Å². The lowest BCUT2D eigenvalue weighted by molar-refractivity contribution is -0.120. The van der Waals surface area contributed by atoms with Crippen LogP contribution in [0.4, 0.5) is 13.2 Å². The molecule has 0 atom stereocenters. The fourth-order valence-corrected chi connectivity index (χ4v) is 2.80. The lowest BCUT2D eigenvalue weighted by Gasteiger charge is -2.37. The van der Waals surface area contributed by atoms with Gasteiger partial charge < -0.3 is 13.9 Å². The van der Waals surface area contributed by atoms with Crippen molar-refractivity contribution in [2.75, 3.05) is 19.8 Å². The first kappa shape index (κ1) is 18.4. The average molecular weight is 391 g/mol. The SMILES string of the molecule is CC1(COc2cccnc2-c2cc(F)cc(-c3nnc(C(F)F)o3)c2)COC1. The zero-order valence-corrected chi connectivity index (χ0v) is 14.9. The minimum Gasteiger partial charge on any atom is -0.491 e. The Balaban J connectivity index is 1.66. The maximum Gasteiger partial charge on any atom is 0.314 e. The number of rotatable bonds is 6. The second-order valence-corrected chi connectivity index (χ2v) is 6.92. The standard InChI is InChI=1S/C19H16F3N3O3/c1-19(8-26-9-19)10-27-14-3-2-4-23-15(14)11-5-12(7-13(20)6-11)17-24-25-18(28-17)16(21)22/h2-7,16H,8-10H2,1H3. The summed E-state index contributed by atoms with van der Waals surface area (Å²) in [5.41, 5.74) is 0.916. The van der Waals surface area contributed by atoms with Crippen molar-refractivity contribution in [1.29, 1.82) is 0 Å². The zero-order valence-electron chi connectivity index (χ0n) is 14.9. The van der Waals surface area contributed by atoms with Gasteiger partial charge in [0.25, 0.3) is 5.89 Å². The van der Waals surface area contributed by atoms with Crippen molar-refractivity contribution < 1.29 is 27.1 Å². The fourth-order valence-electron chi connectivity index (χ4n) is 2.80. The van der Waals surface area contributed by atoms with Crippen LogP contribution in [0.5, 0.6) is 5.75 Å². The molecule has 146 valence electrons. The molecule has 1 fully saturated rings. The van der Waals surface area contributed by atoms with Crippen molar-refractivity contribution in [1.82, 2.24) is 15.2 Å². The van der Waals surface area contributed by atoms with E-state index in [2.05, 4.69) is 15.2 Å². The van der Waals surface area contributed by atoms with Crippen molar-refractivity contribution >= 4 is 0 Å². The molecule has 0 N–H and O–H groups in total. The largest absolute Gasteiger partial charge is 0.491 e. The maximum absolute atomic E-state index is 14.2. The summed E-state index contributed by atoms with van der Waals surface area (Å²) in [6.45, 7) is 3.69. The molecule has 1 aromatic carbocycles. The highest BCUT2D eigenvalue weighted by Crippen LogP contribution is 2.34. The summed E-state index contributed by atoms with van der Waals surface area (Å²) in [5.74, 6) is -1.14. The highest BCUT2D eigenvalue weighted by atomic mass is 19.3. The number of hydrogen-bond acceptors (Lipinski definition) is 6.